The number of hydrogen-bond acceptors (Lipinski definition) is 8. The van der Waals surface area contributed by atoms with Crippen LogP contribution in [0.15, 0.2) is 0 Å². The molecular weight excluding hydrogens is 442 g/mol. The number of aliphatic carboxylic acids is 1. The highest BCUT2D eigenvalue weighted by Gasteiger charge is 2.30. The molecule has 0 aromatic rings. The number of primary amides is 1. The highest BCUT2D eigenvalue weighted by Crippen LogP contribution is 2.07. The van der Waals surface area contributed by atoms with E-state index in [1.54, 1.807) is 13.2 Å². The summed E-state index contributed by atoms with van der Waals surface area (Å²) in [5, 5.41) is 25.8. The Bertz CT molecular complexity index is 664. The smallest absolute Gasteiger partial charge is 0.326 e. The summed E-state index contributed by atoms with van der Waals surface area (Å²) in [5.41, 5.74) is 11.0. The quantitative estimate of drug-likeness (QED) is 0.129. The van der Waals surface area contributed by atoms with Crippen LogP contribution in [0.5, 0.6) is 0 Å². The van der Waals surface area contributed by atoms with Gasteiger partial charge in [0.2, 0.25) is 23.6 Å². The van der Waals surface area contributed by atoms with E-state index in [1.807, 2.05) is 6.92 Å². The Balaban J connectivity index is 5.30. The number of aliphatic hydroxyl groups excluding tert-OH is 1. The number of carbonyl (C=O) groups is 5. The van der Waals surface area contributed by atoms with Gasteiger partial charge in [-0.3, -0.25) is 19.2 Å². The molecule has 32 heavy (non-hydrogen) atoms. The summed E-state index contributed by atoms with van der Waals surface area (Å²) in [6.07, 6.45) is 2.19. The lowest BCUT2D eigenvalue weighted by Crippen LogP contribution is -2.58. The summed E-state index contributed by atoms with van der Waals surface area (Å²) >= 11 is 1.40. The Morgan fingerprint density at radius 1 is 0.938 bits per heavy atom. The molecule has 12 nitrogen and oxygen atoms in total. The predicted octanol–water partition coefficient (Wildman–Crippen LogP) is -2.09. The highest BCUT2D eigenvalue weighted by molar-refractivity contribution is 7.98. The van der Waals surface area contributed by atoms with Crippen LogP contribution in [0.4, 0.5) is 0 Å². The molecule has 0 rings (SSSR count). The number of nitrogens with one attached hydrogen (secondary N) is 3. The summed E-state index contributed by atoms with van der Waals surface area (Å²) < 4.78 is 0. The van der Waals surface area contributed by atoms with Gasteiger partial charge in [0.25, 0.3) is 0 Å². The van der Waals surface area contributed by atoms with Crippen molar-refractivity contribution in [1.82, 2.24) is 16.0 Å². The number of carbonyl (C=O) groups excluding carboxylic acids is 4. The minimum Gasteiger partial charge on any atom is -0.480 e. The van der Waals surface area contributed by atoms with Crippen LogP contribution in [-0.2, 0) is 24.0 Å². The lowest BCUT2D eigenvalue weighted by Gasteiger charge is -2.25. The lowest BCUT2D eigenvalue weighted by atomic mass is 9.98. The summed E-state index contributed by atoms with van der Waals surface area (Å²) in [6.45, 7) is 2.81. The van der Waals surface area contributed by atoms with Crippen molar-refractivity contribution < 1.29 is 34.2 Å². The number of carboxylic acids is 1. The van der Waals surface area contributed by atoms with Crippen LogP contribution in [0, 0.1) is 5.92 Å². The number of rotatable bonds is 16. The summed E-state index contributed by atoms with van der Waals surface area (Å²) in [5.74, 6) is -3.99. The van der Waals surface area contributed by atoms with E-state index in [-0.39, 0.29) is 25.2 Å². The van der Waals surface area contributed by atoms with Gasteiger partial charge in [-0.2, -0.15) is 11.8 Å². The van der Waals surface area contributed by atoms with Crippen LogP contribution in [0.2, 0.25) is 0 Å². The molecule has 0 heterocycles. The fourth-order valence-electron chi connectivity index (χ4n) is 2.57. The Kier molecular flexibility index (Phi) is 14.3. The number of hydrogen-bond donors (Lipinski definition) is 7. The van der Waals surface area contributed by atoms with Crippen LogP contribution in [0.3, 0.4) is 0 Å². The number of thioether (sulfide) groups is 1. The average molecular weight is 478 g/mol. The van der Waals surface area contributed by atoms with Gasteiger partial charge >= 0.3 is 5.97 Å². The maximum Gasteiger partial charge on any atom is 0.326 e. The van der Waals surface area contributed by atoms with Crippen LogP contribution < -0.4 is 27.4 Å². The molecule has 0 saturated heterocycles. The van der Waals surface area contributed by atoms with Crippen LogP contribution in [0.25, 0.3) is 0 Å². The van der Waals surface area contributed by atoms with Gasteiger partial charge in [-0.05, 0) is 30.8 Å². The summed E-state index contributed by atoms with van der Waals surface area (Å²) in [7, 11) is 0. The third kappa shape index (κ3) is 10.8. The van der Waals surface area contributed by atoms with E-state index in [2.05, 4.69) is 16.0 Å². The van der Waals surface area contributed by atoms with E-state index in [0.29, 0.717) is 12.2 Å². The van der Waals surface area contributed by atoms with E-state index >= 15 is 0 Å². The van der Waals surface area contributed by atoms with Crippen molar-refractivity contribution in [3.8, 4) is 0 Å². The zero-order valence-corrected chi connectivity index (χ0v) is 19.4. The average Bonchev–Trinajstić information content (AvgIpc) is 2.75. The first kappa shape index (κ1) is 29.6. The van der Waals surface area contributed by atoms with E-state index in [4.69, 9.17) is 11.5 Å². The van der Waals surface area contributed by atoms with Gasteiger partial charge in [0.1, 0.15) is 18.1 Å². The second kappa shape index (κ2) is 15.4. The minimum atomic E-state index is -1.46. The SMILES string of the molecule is CCC(C)C(N)C(=O)NC(CCC(N)=O)C(=O)NC(CO)C(=O)NC(CCSC)C(=O)O. The van der Waals surface area contributed by atoms with Gasteiger partial charge < -0.3 is 37.6 Å². The molecule has 0 spiro atoms. The van der Waals surface area contributed by atoms with Crippen molar-refractivity contribution in [2.24, 2.45) is 17.4 Å². The number of amides is 4. The second-order valence-corrected chi connectivity index (χ2v) is 8.39. The summed E-state index contributed by atoms with van der Waals surface area (Å²) in [4.78, 5) is 59.9. The Morgan fingerprint density at radius 2 is 1.47 bits per heavy atom. The molecule has 0 bridgehead atoms. The summed E-state index contributed by atoms with van der Waals surface area (Å²) in [6, 6.07) is -4.79. The molecule has 4 amide bonds. The van der Waals surface area contributed by atoms with E-state index in [1.165, 1.54) is 11.8 Å². The van der Waals surface area contributed by atoms with E-state index < -0.39 is 60.4 Å². The van der Waals surface area contributed by atoms with Crippen LogP contribution >= 0.6 is 11.8 Å². The molecule has 0 radical (unpaired) electrons. The molecule has 0 aromatic carbocycles. The molecule has 13 heteroatoms. The Hall–Kier alpha value is -2.38. The molecular formula is C19H35N5O7S. The maximum absolute atomic E-state index is 12.7. The lowest BCUT2D eigenvalue weighted by molar-refractivity contribution is -0.142. The molecule has 9 N–H and O–H groups in total. The molecule has 0 aliphatic carbocycles. The minimum absolute atomic E-state index is 0.147. The monoisotopic (exact) mass is 477 g/mol. The van der Waals surface area contributed by atoms with Crippen molar-refractivity contribution in [2.45, 2.75) is 63.7 Å². The van der Waals surface area contributed by atoms with Gasteiger partial charge in [0.15, 0.2) is 0 Å². The first-order valence-corrected chi connectivity index (χ1v) is 11.6. The Morgan fingerprint density at radius 3 is 1.94 bits per heavy atom. The number of aliphatic hydroxyl groups is 1. The predicted molar refractivity (Wildman–Crippen MR) is 119 cm³/mol. The molecule has 0 fully saturated rings. The normalized spacial score (nSPS) is 15.5. The molecule has 5 atom stereocenters. The molecule has 0 aromatic heterocycles. The molecule has 5 unspecified atom stereocenters. The molecule has 0 saturated carbocycles. The third-order valence-electron chi connectivity index (χ3n) is 4.91. The van der Waals surface area contributed by atoms with Crippen LogP contribution in [-0.4, -0.2) is 82.6 Å². The molecule has 184 valence electrons. The second-order valence-electron chi connectivity index (χ2n) is 7.40. The van der Waals surface area contributed by atoms with Crippen molar-refractivity contribution in [1.29, 1.82) is 0 Å². The fourth-order valence-corrected chi connectivity index (χ4v) is 3.04. The first-order valence-electron chi connectivity index (χ1n) is 10.3. The standard InChI is InChI=1S/C19H35N5O7S/c1-4-10(2)15(21)18(29)22-11(5-6-14(20)26)16(27)24-13(9-25)17(28)23-12(19(30)31)7-8-32-3/h10-13,15,25H,4-9,21H2,1-3H3,(H2,20,26)(H,22,29)(H,23,28)(H,24,27)(H,30,31). The van der Waals surface area contributed by atoms with Crippen LogP contribution in [0.1, 0.15) is 39.5 Å². The van der Waals surface area contributed by atoms with Crippen molar-refractivity contribution >= 4 is 41.4 Å². The topological polar surface area (TPSA) is 214 Å². The van der Waals surface area contributed by atoms with Gasteiger partial charge in [-0.15, -0.1) is 0 Å². The van der Waals surface area contributed by atoms with Gasteiger partial charge in [0.05, 0.1) is 12.6 Å². The van der Waals surface area contributed by atoms with Crippen molar-refractivity contribution in [2.75, 3.05) is 18.6 Å². The van der Waals surface area contributed by atoms with Gasteiger partial charge in [0, 0.05) is 6.42 Å². The largest absolute Gasteiger partial charge is 0.480 e. The van der Waals surface area contributed by atoms with E-state index in [9.17, 15) is 34.2 Å². The molecule has 0 aliphatic heterocycles. The fraction of sp³-hybridized carbons (Fsp3) is 0.737. The highest BCUT2D eigenvalue weighted by atomic mass is 32.2. The van der Waals surface area contributed by atoms with E-state index in [0.717, 1.165) is 0 Å². The van der Waals surface area contributed by atoms with Crippen molar-refractivity contribution in [3.63, 3.8) is 0 Å². The maximum atomic E-state index is 12.7. The number of carboxylic acid groups (broad SMARTS) is 1. The first-order chi connectivity index (χ1) is 15.0. The van der Waals surface area contributed by atoms with Gasteiger partial charge in [-0.1, -0.05) is 20.3 Å². The zero-order chi connectivity index (χ0) is 24.8. The molecule has 0 aliphatic rings. The van der Waals surface area contributed by atoms with Crippen molar-refractivity contribution in [3.05, 3.63) is 0 Å². The number of nitrogens with two attached hydrogens (primary N) is 2. The zero-order valence-electron chi connectivity index (χ0n) is 18.6. The third-order valence-corrected chi connectivity index (χ3v) is 5.56. The van der Waals surface area contributed by atoms with Gasteiger partial charge in [-0.25, -0.2) is 4.79 Å². The Labute approximate surface area is 191 Å².